The molecule has 0 bridgehead atoms. The number of rotatable bonds is 5. The minimum atomic E-state index is 0.396. The van der Waals surface area contributed by atoms with Crippen LogP contribution in [0.15, 0.2) is 16.6 Å². The molecule has 2 fully saturated rings. The Kier molecular flexibility index (Phi) is 4.46. The number of hydrogen-bond donors (Lipinski definition) is 1. The largest absolute Gasteiger partial charge is 0.493 e. The van der Waals surface area contributed by atoms with E-state index in [1.54, 1.807) is 14.2 Å². The number of benzene rings is 1. The zero-order chi connectivity index (χ0) is 15.0. The number of fused-ring (bicyclic) bond motifs is 1. The zero-order valence-electron chi connectivity index (χ0n) is 13.0. The molecular formula is C17H24BrNO2. The summed E-state index contributed by atoms with van der Waals surface area (Å²) in [6.07, 6.45) is 5.61. The maximum Gasteiger partial charge on any atom is 0.161 e. The lowest BCUT2D eigenvalue weighted by Crippen LogP contribution is -2.20. The molecule has 3 rings (SSSR count). The van der Waals surface area contributed by atoms with E-state index >= 15 is 0 Å². The van der Waals surface area contributed by atoms with Gasteiger partial charge in [0.1, 0.15) is 0 Å². The second kappa shape index (κ2) is 6.17. The van der Waals surface area contributed by atoms with Gasteiger partial charge in [0, 0.05) is 10.5 Å². The Morgan fingerprint density at radius 2 is 1.67 bits per heavy atom. The molecule has 21 heavy (non-hydrogen) atoms. The molecule has 2 saturated carbocycles. The molecule has 0 saturated heterocycles. The van der Waals surface area contributed by atoms with Crippen molar-refractivity contribution in [1.82, 2.24) is 5.32 Å². The molecule has 3 nitrogen and oxygen atoms in total. The molecule has 0 spiro atoms. The van der Waals surface area contributed by atoms with Gasteiger partial charge < -0.3 is 14.8 Å². The molecule has 1 N–H and O–H groups in total. The number of nitrogens with one attached hydrogen (secondary N) is 1. The lowest BCUT2D eigenvalue weighted by molar-refractivity contribution is 0.353. The minimum absolute atomic E-state index is 0.396. The highest BCUT2D eigenvalue weighted by atomic mass is 79.9. The summed E-state index contributed by atoms with van der Waals surface area (Å²) in [5, 5.41) is 3.54. The summed E-state index contributed by atoms with van der Waals surface area (Å²) in [7, 11) is 5.44. The van der Waals surface area contributed by atoms with Crippen molar-refractivity contribution in [2.24, 2.45) is 17.8 Å². The van der Waals surface area contributed by atoms with Gasteiger partial charge in [-0.15, -0.1) is 0 Å². The van der Waals surface area contributed by atoms with Crippen LogP contribution in [0.3, 0.4) is 0 Å². The first-order valence-electron chi connectivity index (χ1n) is 7.80. The van der Waals surface area contributed by atoms with E-state index in [1.165, 1.54) is 31.2 Å². The molecule has 4 heteroatoms. The molecule has 116 valence electrons. The van der Waals surface area contributed by atoms with Gasteiger partial charge in [0.25, 0.3) is 0 Å². The highest BCUT2D eigenvalue weighted by molar-refractivity contribution is 9.10. The third kappa shape index (κ3) is 2.68. The van der Waals surface area contributed by atoms with E-state index in [2.05, 4.69) is 34.4 Å². The summed E-state index contributed by atoms with van der Waals surface area (Å²) in [6, 6.07) is 4.53. The van der Waals surface area contributed by atoms with Gasteiger partial charge in [-0.05, 0) is 55.3 Å². The van der Waals surface area contributed by atoms with Gasteiger partial charge in [0.15, 0.2) is 11.5 Å². The molecule has 0 heterocycles. The van der Waals surface area contributed by atoms with Crippen LogP contribution in [0.1, 0.15) is 37.3 Å². The first kappa shape index (κ1) is 15.2. The van der Waals surface area contributed by atoms with Crippen LogP contribution in [0.4, 0.5) is 0 Å². The van der Waals surface area contributed by atoms with E-state index in [4.69, 9.17) is 9.47 Å². The average Bonchev–Trinajstić information content (AvgIpc) is 3.23. The van der Waals surface area contributed by atoms with Crippen LogP contribution >= 0.6 is 15.9 Å². The average molecular weight is 354 g/mol. The predicted molar refractivity (Wildman–Crippen MR) is 88.0 cm³/mol. The fourth-order valence-corrected chi connectivity index (χ4v) is 4.77. The molecule has 0 aromatic heterocycles. The normalized spacial score (nSPS) is 28.7. The second-order valence-electron chi connectivity index (χ2n) is 6.18. The summed E-state index contributed by atoms with van der Waals surface area (Å²) < 4.78 is 12.0. The Hall–Kier alpha value is -0.740. The summed E-state index contributed by atoms with van der Waals surface area (Å²) in [4.78, 5) is 0. The summed E-state index contributed by atoms with van der Waals surface area (Å²) >= 11 is 3.71. The van der Waals surface area contributed by atoms with Crippen LogP contribution in [-0.4, -0.2) is 21.3 Å². The van der Waals surface area contributed by atoms with Crippen LogP contribution in [0.2, 0.25) is 0 Å². The Balaban J connectivity index is 1.90. The monoisotopic (exact) mass is 353 g/mol. The smallest absolute Gasteiger partial charge is 0.161 e. The molecule has 3 unspecified atom stereocenters. The van der Waals surface area contributed by atoms with Crippen LogP contribution in [-0.2, 0) is 0 Å². The molecule has 1 aromatic carbocycles. The van der Waals surface area contributed by atoms with Crippen molar-refractivity contribution in [2.75, 3.05) is 21.3 Å². The summed E-state index contributed by atoms with van der Waals surface area (Å²) in [5.74, 6) is 4.18. The SMILES string of the molecule is CNC(c1cc(OC)c(OC)cc1Br)C1C2CCCCC21. The predicted octanol–water partition coefficient (Wildman–Crippen LogP) is 4.16. The Labute approximate surface area is 135 Å². The van der Waals surface area contributed by atoms with Gasteiger partial charge >= 0.3 is 0 Å². The van der Waals surface area contributed by atoms with Crippen molar-refractivity contribution >= 4 is 15.9 Å². The van der Waals surface area contributed by atoms with Crippen molar-refractivity contribution in [2.45, 2.75) is 31.7 Å². The highest BCUT2D eigenvalue weighted by Crippen LogP contribution is 2.61. The molecule has 0 amide bonds. The fraction of sp³-hybridized carbons (Fsp3) is 0.647. The summed E-state index contributed by atoms with van der Waals surface area (Å²) in [5.41, 5.74) is 1.29. The molecule has 3 atom stereocenters. The van der Waals surface area contributed by atoms with Crippen LogP contribution in [0.25, 0.3) is 0 Å². The van der Waals surface area contributed by atoms with Crippen LogP contribution < -0.4 is 14.8 Å². The molecule has 1 aromatic rings. The number of hydrogen-bond acceptors (Lipinski definition) is 3. The number of halogens is 1. The molecule has 2 aliphatic rings. The maximum absolute atomic E-state index is 5.47. The minimum Gasteiger partial charge on any atom is -0.493 e. The van der Waals surface area contributed by atoms with Crippen molar-refractivity contribution < 1.29 is 9.47 Å². The Bertz CT molecular complexity index is 508. The van der Waals surface area contributed by atoms with E-state index in [-0.39, 0.29) is 0 Å². The van der Waals surface area contributed by atoms with Crippen LogP contribution in [0, 0.1) is 17.8 Å². The van der Waals surface area contributed by atoms with Gasteiger partial charge in [0.2, 0.25) is 0 Å². The van der Waals surface area contributed by atoms with E-state index in [0.29, 0.717) is 6.04 Å². The number of methoxy groups -OCH3 is 2. The zero-order valence-corrected chi connectivity index (χ0v) is 14.6. The Morgan fingerprint density at radius 1 is 1.10 bits per heavy atom. The quantitative estimate of drug-likeness (QED) is 0.861. The van der Waals surface area contributed by atoms with Crippen LogP contribution in [0.5, 0.6) is 11.5 Å². The van der Waals surface area contributed by atoms with E-state index in [9.17, 15) is 0 Å². The van der Waals surface area contributed by atoms with E-state index < -0.39 is 0 Å². The van der Waals surface area contributed by atoms with E-state index in [1.807, 2.05) is 6.07 Å². The van der Waals surface area contributed by atoms with Gasteiger partial charge in [-0.25, -0.2) is 0 Å². The number of ether oxygens (including phenoxy) is 2. The third-order valence-electron chi connectivity index (χ3n) is 5.26. The van der Waals surface area contributed by atoms with Gasteiger partial charge in [-0.3, -0.25) is 0 Å². The Morgan fingerprint density at radius 3 is 2.19 bits per heavy atom. The van der Waals surface area contributed by atoms with E-state index in [0.717, 1.165) is 33.7 Å². The van der Waals surface area contributed by atoms with Crippen molar-refractivity contribution in [3.63, 3.8) is 0 Å². The first-order valence-corrected chi connectivity index (χ1v) is 8.59. The highest BCUT2D eigenvalue weighted by Gasteiger charge is 2.54. The fourth-order valence-electron chi connectivity index (χ4n) is 4.21. The van der Waals surface area contributed by atoms with Gasteiger partial charge in [-0.2, -0.15) is 0 Å². The lowest BCUT2D eigenvalue weighted by atomic mass is 9.99. The van der Waals surface area contributed by atoms with Crippen molar-refractivity contribution in [1.29, 1.82) is 0 Å². The summed E-state index contributed by atoms with van der Waals surface area (Å²) in [6.45, 7) is 0. The van der Waals surface area contributed by atoms with Gasteiger partial charge in [-0.1, -0.05) is 28.8 Å². The molecule has 2 aliphatic carbocycles. The maximum atomic E-state index is 5.47. The van der Waals surface area contributed by atoms with Gasteiger partial charge in [0.05, 0.1) is 14.2 Å². The van der Waals surface area contributed by atoms with Crippen molar-refractivity contribution in [3.05, 3.63) is 22.2 Å². The standard InChI is InChI=1S/C17H24BrNO2/c1-19-17(16-10-6-4-5-7-11(10)16)12-8-14(20-2)15(21-3)9-13(12)18/h8-11,16-17,19H,4-7H2,1-3H3. The topological polar surface area (TPSA) is 30.5 Å². The molecule has 0 radical (unpaired) electrons. The third-order valence-corrected chi connectivity index (χ3v) is 5.94. The molecule has 0 aliphatic heterocycles. The lowest BCUT2D eigenvalue weighted by Gasteiger charge is -2.21. The van der Waals surface area contributed by atoms with Crippen molar-refractivity contribution in [3.8, 4) is 11.5 Å². The first-order chi connectivity index (χ1) is 10.2. The molecular weight excluding hydrogens is 330 g/mol. The second-order valence-corrected chi connectivity index (χ2v) is 7.04.